The van der Waals surface area contributed by atoms with E-state index in [-0.39, 0.29) is 17.6 Å². The van der Waals surface area contributed by atoms with Crippen LogP contribution in [0.3, 0.4) is 0 Å². The van der Waals surface area contributed by atoms with Gasteiger partial charge in [0, 0.05) is 35.0 Å². The highest BCUT2D eigenvalue weighted by Crippen LogP contribution is 2.23. The highest BCUT2D eigenvalue weighted by atomic mass is 35.5. The lowest BCUT2D eigenvalue weighted by atomic mass is 10.1. The van der Waals surface area contributed by atoms with Crippen molar-refractivity contribution in [1.82, 2.24) is 10.5 Å². The number of carbonyl (C=O) groups is 2. The van der Waals surface area contributed by atoms with Gasteiger partial charge in [0.2, 0.25) is 5.91 Å². The third-order valence-electron chi connectivity index (χ3n) is 3.83. The van der Waals surface area contributed by atoms with E-state index in [1.54, 1.807) is 43.4 Å². The average Bonchev–Trinajstić information content (AvgIpc) is 3.17. The molecule has 0 fully saturated rings. The van der Waals surface area contributed by atoms with Crippen molar-refractivity contribution >= 4 is 40.9 Å². The van der Waals surface area contributed by atoms with Gasteiger partial charge in [-0.15, -0.1) is 11.8 Å². The molecule has 28 heavy (non-hydrogen) atoms. The molecule has 0 aliphatic carbocycles. The Hall–Kier alpha value is -2.77. The normalized spacial score (nSPS) is 10.5. The molecule has 0 bridgehead atoms. The SMILES string of the molecule is CNC(=O)c1ccc(NC(=O)CSCc2cc(-c3ccc(Cl)cc3)no2)cc1. The number of hydrogen-bond acceptors (Lipinski definition) is 5. The van der Waals surface area contributed by atoms with Crippen molar-refractivity contribution in [2.24, 2.45) is 0 Å². The number of carbonyl (C=O) groups excluding carboxylic acids is 2. The smallest absolute Gasteiger partial charge is 0.251 e. The summed E-state index contributed by atoms with van der Waals surface area (Å²) in [7, 11) is 1.57. The van der Waals surface area contributed by atoms with Crippen LogP contribution in [0, 0.1) is 0 Å². The molecule has 3 aromatic rings. The van der Waals surface area contributed by atoms with E-state index in [2.05, 4.69) is 15.8 Å². The zero-order valence-electron chi connectivity index (χ0n) is 15.1. The second-order valence-corrected chi connectivity index (χ2v) is 7.30. The second kappa shape index (κ2) is 9.43. The molecule has 0 saturated carbocycles. The van der Waals surface area contributed by atoms with Crippen molar-refractivity contribution in [2.75, 3.05) is 18.1 Å². The highest BCUT2D eigenvalue weighted by molar-refractivity contribution is 7.99. The number of rotatable bonds is 7. The molecule has 144 valence electrons. The molecule has 0 radical (unpaired) electrons. The maximum Gasteiger partial charge on any atom is 0.251 e. The van der Waals surface area contributed by atoms with Gasteiger partial charge in [-0.25, -0.2) is 0 Å². The van der Waals surface area contributed by atoms with Gasteiger partial charge in [0.1, 0.15) is 11.5 Å². The molecule has 2 aromatic carbocycles. The van der Waals surface area contributed by atoms with Crippen molar-refractivity contribution in [2.45, 2.75) is 5.75 Å². The Bertz CT molecular complexity index is 956. The van der Waals surface area contributed by atoms with Crippen molar-refractivity contribution < 1.29 is 14.1 Å². The number of aromatic nitrogens is 1. The minimum Gasteiger partial charge on any atom is -0.360 e. The first-order valence-corrected chi connectivity index (χ1v) is 9.99. The Kier molecular flexibility index (Phi) is 6.73. The first-order chi connectivity index (χ1) is 13.5. The molecule has 0 saturated heterocycles. The molecule has 2 amide bonds. The van der Waals surface area contributed by atoms with Crippen LogP contribution in [0.5, 0.6) is 0 Å². The molecule has 0 spiro atoms. The first kappa shape index (κ1) is 20.0. The molecule has 1 heterocycles. The lowest BCUT2D eigenvalue weighted by molar-refractivity contribution is -0.113. The number of nitrogens with one attached hydrogen (secondary N) is 2. The Labute approximate surface area is 171 Å². The van der Waals surface area contributed by atoms with E-state index in [9.17, 15) is 9.59 Å². The minimum absolute atomic E-state index is 0.130. The summed E-state index contributed by atoms with van der Waals surface area (Å²) in [5, 5.41) is 10.1. The molecule has 0 aliphatic rings. The molecule has 0 atom stereocenters. The summed E-state index contributed by atoms with van der Waals surface area (Å²) in [5.74, 6) is 1.20. The van der Waals surface area contributed by atoms with Crippen molar-refractivity contribution in [1.29, 1.82) is 0 Å². The summed E-state index contributed by atoms with van der Waals surface area (Å²) in [5.41, 5.74) is 2.83. The van der Waals surface area contributed by atoms with E-state index >= 15 is 0 Å². The Morgan fingerprint density at radius 3 is 2.50 bits per heavy atom. The molecule has 8 heteroatoms. The van der Waals surface area contributed by atoms with E-state index in [0.717, 1.165) is 11.3 Å². The van der Waals surface area contributed by atoms with E-state index in [1.807, 2.05) is 18.2 Å². The predicted octanol–water partition coefficient (Wildman–Crippen LogP) is 4.23. The van der Waals surface area contributed by atoms with Crippen LogP contribution >= 0.6 is 23.4 Å². The number of hydrogen-bond donors (Lipinski definition) is 2. The fourth-order valence-electron chi connectivity index (χ4n) is 2.43. The van der Waals surface area contributed by atoms with Crippen LogP contribution in [-0.2, 0) is 10.5 Å². The summed E-state index contributed by atoms with van der Waals surface area (Å²) in [6, 6.07) is 15.9. The summed E-state index contributed by atoms with van der Waals surface area (Å²) in [4.78, 5) is 23.6. The average molecular weight is 416 g/mol. The van der Waals surface area contributed by atoms with Gasteiger partial charge in [-0.2, -0.15) is 0 Å². The fourth-order valence-corrected chi connectivity index (χ4v) is 3.25. The van der Waals surface area contributed by atoms with Gasteiger partial charge in [0.15, 0.2) is 0 Å². The van der Waals surface area contributed by atoms with Crippen LogP contribution < -0.4 is 10.6 Å². The van der Waals surface area contributed by atoms with Gasteiger partial charge >= 0.3 is 0 Å². The number of anilines is 1. The molecule has 0 unspecified atom stereocenters. The molecule has 6 nitrogen and oxygen atoms in total. The number of nitrogens with zero attached hydrogens (tertiary/aromatic N) is 1. The van der Waals surface area contributed by atoms with E-state index in [0.29, 0.717) is 27.8 Å². The maximum atomic E-state index is 12.1. The number of halogens is 1. The lowest BCUT2D eigenvalue weighted by Crippen LogP contribution is -2.18. The third kappa shape index (κ3) is 5.37. The highest BCUT2D eigenvalue weighted by Gasteiger charge is 2.09. The molecule has 3 rings (SSSR count). The zero-order chi connectivity index (χ0) is 19.9. The quantitative estimate of drug-likeness (QED) is 0.603. The summed E-state index contributed by atoms with van der Waals surface area (Å²) in [6.07, 6.45) is 0. The van der Waals surface area contributed by atoms with E-state index in [4.69, 9.17) is 16.1 Å². The van der Waals surface area contributed by atoms with Crippen LogP contribution in [0.15, 0.2) is 59.1 Å². The summed E-state index contributed by atoms with van der Waals surface area (Å²) < 4.78 is 5.32. The van der Waals surface area contributed by atoms with Gasteiger partial charge in [-0.05, 0) is 36.4 Å². The predicted molar refractivity (Wildman–Crippen MR) is 112 cm³/mol. The van der Waals surface area contributed by atoms with Crippen LogP contribution in [0.1, 0.15) is 16.1 Å². The summed E-state index contributed by atoms with van der Waals surface area (Å²) >= 11 is 7.31. The minimum atomic E-state index is -0.168. The van der Waals surface area contributed by atoms with E-state index in [1.165, 1.54) is 11.8 Å². The van der Waals surface area contributed by atoms with E-state index < -0.39 is 0 Å². The van der Waals surface area contributed by atoms with Crippen molar-refractivity contribution in [3.05, 3.63) is 70.9 Å². The van der Waals surface area contributed by atoms with Crippen molar-refractivity contribution in [3.8, 4) is 11.3 Å². The molecule has 1 aromatic heterocycles. The van der Waals surface area contributed by atoms with Crippen LogP contribution in [0.4, 0.5) is 5.69 Å². The largest absolute Gasteiger partial charge is 0.360 e. The van der Waals surface area contributed by atoms with Crippen LogP contribution in [0.25, 0.3) is 11.3 Å². The molecule has 2 N–H and O–H groups in total. The van der Waals surface area contributed by atoms with Gasteiger partial charge in [0.05, 0.1) is 11.5 Å². The van der Waals surface area contributed by atoms with Gasteiger partial charge in [0.25, 0.3) is 5.91 Å². The Morgan fingerprint density at radius 2 is 1.82 bits per heavy atom. The number of thioether (sulfide) groups is 1. The first-order valence-electron chi connectivity index (χ1n) is 8.46. The zero-order valence-corrected chi connectivity index (χ0v) is 16.6. The number of amides is 2. The lowest BCUT2D eigenvalue weighted by Gasteiger charge is -2.05. The Balaban J connectivity index is 1.46. The monoisotopic (exact) mass is 415 g/mol. The van der Waals surface area contributed by atoms with Gasteiger partial charge < -0.3 is 15.2 Å². The molecular weight excluding hydrogens is 398 g/mol. The Morgan fingerprint density at radius 1 is 1.11 bits per heavy atom. The van der Waals surface area contributed by atoms with Gasteiger partial charge in [-0.3, -0.25) is 9.59 Å². The maximum absolute atomic E-state index is 12.1. The van der Waals surface area contributed by atoms with Crippen molar-refractivity contribution in [3.63, 3.8) is 0 Å². The fraction of sp³-hybridized carbons (Fsp3) is 0.150. The second-order valence-electron chi connectivity index (χ2n) is 5.88. The number of benzene rings is 2. The molecule has 0 aliphatic heterocycles. The van der Waals surface area contributed by atoms with Gasteiger partial charge in [-0.1, -0.05) is 28.9 Å². The molecular formula is C20H18ClN3O3S. The van der Waals surface area contributed by atoms with Crippen LogP contribution in [-0.4, -0.2) is 29.8 Å². The standard InChI is InChI=1S/C20H18ClN3O3S/c1-22-20(26)14-4-8-16(9-5-14)23-19(25)12-28-11-17-10-18(24-27-17)13-2-6-15(21)7-3-13/h2-10H,11-12H2,1H3,(H,22,26)(H,23,25). The summed E-state index contributed by atoms with van der Waals surface area (Å²) in [6.45, 7) is 0. The topological polar surface area (TPSA) is 84.2 Å². The van der Waals surface area contributed by atoms with Crippen LogP contribution in [0.2, 0.25) is 5.02 Å². The third-order valence-corrected chi connectivity index (χ3v) is 5.04.